The van der Waals surface area contributed by atoms with Crippen LogP contribution in [0.3, 0.4) is 0 Å². The van der Waals surface area contributed by atoms with Crippen molar-refractivity contribution in [3.8, 4) is 11.6 Å². The number of halogens is 2. The maximum Gasteiger partial charge on any atom is 0.274 e. The van der Waals surface area contributed by atoms with Crippen molar-refractivity contribution in [1.82, 2.24) is 20.2 Å². The third kappa shape index (κ3) is 5.09. The van der Waals surface area contributed by atoms with Crippen LogP contribution < -0.4 is 5.32 Å². The molecule has 1 saturated heterocycles. The van der Waals surface area contributed by atoms with Gasteiger partial charge in [-0.3, -0.25) is 9.69 Å². The second-order valence-electron chi connectivity index (χ2n) is 7.94. The van der Waals surface area contributed by atoms with E-state index in [1.165, 1.54) is 6.07 Å². The van der Waals surface area contributed by atoms with Crippen LogP contribution in [0.1, 0.15) is 52.7 Å². The molecule has 33 heavy (non-hydrogen) atoms. The first-order valence-corrected chi connectivity index (χ1v) is 10.7. The molecule has 0 saturated carbocycles. The van der Waals surface area contributed by atoms with Crippen molar-refractivity contribution in [1.29, 1.82) is 0 Å². The van der Waals surface area contributed by atoms with Crippen LogP contribution in [0.4, 0.5) is 8.78 Å². The van der Waals surface area contributed by atoms with Crippen LogP contribution in [0.5, 0.6) is 11.6 Å². The molecule has 2 heterocycles. The summed E-state index contributed by atoms with van der Waals surface area (Å²) in [7, 11) is 0. The first kappa shape index (κ1) is 22.6. The Bertz CT molecular complexity index is 1140. The molecule has 1 aromatic heterocycles. The van der Waals surface area contributed by atoms with E-state index in [9.17, 15) is 23.8 Å². The largest absolute Gasteiger partial charge is 0.501 e. The van der Waals surface area contributed by atoms with Gasteiger partial charge in [0.2, 0.25) is 5.75 Å². The van der Waals surface area contributed by atoms with Crippen molar-refractivity contribution in [2.45, 2.75) is 31.8 Å². The van der Waals surface area contributed by atoms with Gasteiger partial charge in [0.1, 0.15) is 0 Å². The van der Waals surface area contributed by atoms with Gasteiger partial charge in [0, 0.05) is 6.54 Å². The fourth-order valence-electron chi connectivity index (χ4n) is 3.99. The molecule has 4 rings (SSSR count). The Balaban J connectivity index is 1.64. The van der Waals surface area contributed by atoms with Crippen LogP contribution >= 0.6 is 0 Å². The molecule has 1 unspecified atom stereocenters. The monoisotopic (exact) mass is 454 g/mol. The Morgan fingerprint density at radius 3 is 2.42 bits per heavy atom. The van der Waals surface area contributed by atoms with Gasteiger partial charge in [-0.25, -0.2) is 13.8 Å². The molecule has 172 valence electrons. The molecule has 3 N–H and O–H groups in total. The number of aromatic nitrogens is 2. The van der Waals surface area contributed by atoms with Crippen LogP contribution in [-0.2, 0) is 6.54 Å². The van der Waals surface area contributed by atoms with Crippen molar-refractivity contribution < 1.29 is 23.8 Å². The number of piperidine rings is 1. The summed E-state index contributed by atoms with van der Waals surface area (Å²) in [5, 5.41) is 23.1. The Labute approximate surface area is 189 Å². The van der Waals surface area contributed by atoms with Crippen molar-refractivity contribution in [3.63, 3.8) is 0 Å². The van der Waals surface area contributed by atoms with Crippen molar-refractivity contribution in [2.24, 2.45) is 0 Å². The Morgan fingerprint density at radius 1 is 1.00 bits per heavy atom. The number of nitrogens with one attached hydrogen (secondary N) is 1. The first-order valence-electron chi connectivity index (χ1n) is 10.7. The lowest BCUT2D eigenvalue weighted by molar-refractivity contribution is 0.0940. The predicted octanol–water partition coefficient (Wildman–Crippen LogP) is 3.67. The molecule has 3 aromatic rings. The number of benzene rings is 2. The summed E-state index contributed by atoms with van der Waals surface area (Å²) in [6, 6.07) is 12.4. The highest BCUT2D eigenvalue weighted by Crippen LogP contribution is 2.33. The summed E-state index contributed by atoms with van der Waals surface area (Å²) < 4.78 is 26.6. The van der Waals surface area contributed by atoms with Gasteiger partial charge in [0.15, 0.2) is 23.2 Å². The number of hydrogen-bond donors (Lipinski definition) is 3. The predicted molar refractivity (Wildman–Crippen MR) is 117 cm³/mol. The van der Waals surface area contributed by atoms with Gasteiger partial charge in [-0.05, 0) is 49.2 Å². The first-order chi connectivity index (χ1) is 15.9. The summed E-state index contributed by atoms with van der Waals surface area (Å²) in [6.45, 7) is 1.49. The summed E-state index contributed by atoms with van der Waals surface area (Å²) in [4.78, 5) is 23.4. The fraction of sp³-hybridized carbons (Fsp3) is 0.292. The second kappa shape index (κ2) is 9.91. The number of rotatable bonds is 6. The van der Waals surface area contributed by atoms with E-state index in [1.54, 1.807) is 0 Å². The quantitative estimate of drug-likeness (QED) is 0.526. The molecule has 1 aliphatic rings. The van der Waals surface area contributed by atoms with Gasteiger partial charge >= 0.3 is 0 Å². The summed E-state index contributed by atoms with van der Waals surface area (Å²) in [5.41, 5.74) is 0.839. The maximum atomic E-state index is 13.4. The van der Waals surface area contributed by atoms with Crippen LogP contribution in [-0.4, -0.2) is 44.1 Å². The average Bonchev–Trinajstić information content (AvgIpc) is 2.83. The van der Waals surface area contributed by atoms with E-state index >= 15 is 0 Å². The van der Waals surface area contributed by atoms with E-state index in [0.29, 0.717) is 5.56 Å². The van der Waals surface area contributed by atoms with Gasteiger partial charge in [0.25, 0.3) is 11.8 Å². The normalized spacial score (nSPS) is 15.2. The van der Waals surface area contributed by atoms with E-state index in [4.69, 9.17) is 0 Å². The highest BCUT2D eigenvalue weighted by Gasteiger charge is 2.29. The van der Waals surface area contributed by atoms with Crippen LogP contribution in [0.2, 0.25) is 0 Å². The Kier molecular flexibility index (Phi) is 6.79. The highest BCUT2D eigenvalue weighted by molar-refractivity contribution is 5.95. The molecule has 1 amide bonds. The third-order valence-electron chi connectivity index (χ3n) is 5.65. The standard InChI is InChI=1S/C24H24F2N4O3/c25-17-10-9-15(13-18(17)26)14-27-23(32)19-21(31)24(33)29-22(28-19)20(16-7-3-1-4-8-16)30-11-5-2-6-12-30/h1,3-4,7-10,13,20,31H,2,5-6,11-12,14H2,(H,27,32)(H,28,29,33). The molecule has 2 aromatic carbocycles. The van der Waals surface area contributed by atoms with Gasteiger partial charge < -0.3 is 15.5 Å². The molecule has 1 fully saturated rings. The van der Waals surface area contributed by atoms with Gasteiger partial charge in [-0.1, -0.05) is 42.8 Å². The molecule has 0 bridgehead atoms. The van der Waals surface area contributed by atoms with Gasteiger partial charge in [0.05, 0.1) is 6.04 Å². The third-order valence-corrected chi connectivity index (χ3v) is 5.65. The zero-order valence-electron chi connectivity index (χ0n) is 17.8. The van der Waals surface area contributed by atoms with Crippen LogP contribution in [0.15, 0.2) is 48.5 Å². The molecule has 0 spiro atoms. The maximum absolute atomic E-state index is 13.4. The summed E-state index contributed by atoms with van der Waals surface area (Å²) in [5.74, 6) is -4.04. The minimum absolute atomic E-state index is 0.121. The van der Waals surface area contributed by atoms with Crippen LogP contribution in [0.25, 0.3) is 0 Å². The Morgan fingerprint density at radius 2 is 1.73 bits per heavy atom. The lowest BCUT2D eigenvalue weighted by Crippen LogP contribution is -2.35. The van der Waals surface area contributed by atoms with Gasteiger partial charge in [-0.15, -0.1) is 0 Å². The Hall–Kier alpha value is -3.59. The lowest BCUT2D eigenvalue weighted by Gasteiger charge is -2.34. The van der Waals surface area contributed by atoms with Crippen molar-refractivity contribution >= 4 is 5.91 Å². The smallest absolute Gasteiger partial charge is 0.274 e. The number of amides is 1. The van der Waals surface area contributed by atoms with E-state index in [0.717, 1.165) is 50.0 Å². The molecule has 9 heteroatoms. The minimum atomic E-state index is -1.03. The van der Waals surface area contributed by atoms with E-state index in [2.05, 4.69) is 20.2 Å². The molecule has 7 nitrogen and oxygen atoms in total. The molecular formula is C24H24F2N4O3. The van der Waals surface area contributed by atoms with Crippen molar-refractivity contribution in [2.75, 3.05) is 13.1 Å². The molecule has 0 aliphatic carbocycles. The lowest BCUT2D eigenvalue weighted by atomic mass is 10.0. The van der Waals surface area contributed by atoms with Gasteiger partial charge in [-0.2, -0.15) is 4.98 Å². The topological polar surface area (TPSA) is 98.6 Å². The average molecular weight is 454 g/mol. The summed E-state index contributed by atoms with van der Waals surface area (Å²) >= 11 is 0. The molecule has 0 radical (unpaired) electrons. The molecular weight excluding hydrogens is 430 g/mol. The van der Waals surface area contributed by atoms with E-state index in [1.807, 2.05) is 30.3 Å². The number of hydrogen-bond acceptors (Lipinski definition) is 6. The zero-order chi connectivity index (χ0) is 23.4. The number of likely N-dealkylation sites (tertiary alicyclic amines) is 1. The van der Waals surface area contributed by atoms with Crippen LogP contribution in [0, 0.1) is 11.6 Å². The minimum Gasteiger partial charge on any atom is -0.501 e. The molecule has 1 aliphatic heterocycles. The zero-order valence-corrected chi connectivity index (χ0v) is 17.8. The highest BCUT2D eigenvalue weighted by atomic mass is 19.2. The number of nitrogens with zero attached hydrogens (tertiary/aromatic N) is 3. The second-order valence-corrected chi connectivity index (χ2v) is 7.94. The van der Waals surface area contributed by atoms with Crippen molar-refractivity contribution in [3.05, 3.63) is 82.8 Å². The van der Waals surface area contributed by atoms with E-state index in [-0.39, 0.29) is 12.4 Å². The fourth-order valence-corrected chi connectivity index (χ4v) is 3.99. The number of carbonyl (C=O) groups excluding carboxylic acids is 1. The molecule has 1 atom stereocenters. The van der Waals surface area contributed by atoms with E-state index < -0.39 is 40.9 Å². The number of carbonyl (C=O) groups is 1. The SMILES string of the molecule is O=C(NCc1ccc(F)c(F)c1)c1nc(C(c2ccccc2)N2CCCCC2)nc(O)c1O. The number of aromatic hydroxyl groups is 2. The summed E-state index contributed by atoms with van der Waals surface area (Å²) in [6.07, 6.45) is 3.14.